The number of benzene rings is 2. The van der Waals surface area contributed by atoms with Crippen LogP contribution in [-0.4, -0.2) is 35.5 Å². The Hall–Kier alpha value is -3.65. The number of carbonyl (C=O) groups excluding carboxylic acids is 2. The number of amides is 2. The van der Waals surface area contributed by atoms with Crippen LogP contribution in [0.3, 0.4) is 0 Å². The van der Waals surface area contributed by atoms with Crippen LogP contribution in [0.15, 0.2) is 53.6 Å². The van der Waals surface area contributed by atoms with E-state index in [0.29, 0.717) is 22.4 Å². The van der Waals surface area contributed by atoms with Gasteiger partial charge in [-0.15, -0.1) is 0 Å². The number of rotatable bonds is 6. The molecule has 4 N–H and O–H groups in total. The van der Waals surface area contributed by atoms with Gasteiger partial charge in [-0.1, -0.05) is 12.1 Å². The van der Waals surface area contributed by atoms with Crippen molar-refractivity contribution in [1.29, 1.82) is 0 Å². The topological polar surface area (TPSA) is 120 Å². The molecule has 0 saturated carbocycles. The van der Waals surface area contributed by atoms with Crippen molar-refractivity contribution in [1.82, 2.24) is 10.9 Å². The highest BCUT2D eigenvalue weighted by atomic mass is 16.5. The van der Waals surface area contributed by atoms with Gasteiger partial charge in [-0.2, -0.15) is 5.10 Å². The highest BCUT2D eigenvalue weighted by Crippen LogP contribution is 2.20. The number of carbonyl (C=O) groups is 2. The Bertz CT molecular complexity index is 844. The highest BCUT2D eigenvalue weighted by Gasteiger charge is 2.04. The van der Waals surface area contributed by atoms with Crippen LogP contribution >= 0.6 is 0 Å². The van der Waals surface area contributed by atoms with Crippen molar-refractivity contribution in [2.24, 2.45) is 5.10 Å². The van der Waals surface area contributed by atoms with E-state index in [1.165, 1.54) is 30.9 Å². The molecule has 0 saturated heterocycles. The van der Waals surface area contributed by atoms with Crippen LogP contribution in [0.5, 0.6) is 11.5 Å². The first-order chi connectivity index (χ1) is 12.5. The fraction of sp³-hybridized carbons (Fsp3) is 0.0556. The minimum Gasteiger partial charge on any atom is -0.507 e. The molecule has 0 bridgehead atoms. The molecular formula is C18H17N3O5. The molecule has 134 valence electrons. The minimum atomic E-state index is -0.651. The predicted molar refractivity (Wildman–Crippen MR) is 95.1 cm³/mol. The maximum atomic E-state index is 12.0. The lowest BCUT2D eigenvalue weighted by Crippen LogP contribution is -2.17. The lowest BCUT2D eigenvalue weighted by molar-refractivity contribution is -0.124. The second kappa shape index (κ2) is 9.00. The van der Waals surface area contributed by atoms with Gasteiger partial charge in [0.2, 0.25) is 0 Å². The predicted octanol–water partition coefficient (Wildman–Crippen LogP) is 1.68. The molecule has 0 radical (unpaired) electrons. The molecule has 26 heavy (non-hydrogen) atoms. The summed E-state index contributed by atoms with van der Waals surface area (Å²) in [6.07, 6.45) is 3.94. The molecule has 0 heterocycles. The van der Waals surface area contributed by atoms with Gasteiger partial charge in [0.1, 0.15) is 11.5 Å². The second-order valence-electron chi connectivity index (χ2n) is 5.06. The number of hydrazone groups is 1. The Labute approximate surface area is 149 Å². The number of methoxy groups -OCH3 is 1. The maximum Gasteiger partial charge on any atom is 0.271 e. The zero-order chi connectivity index (χ0) is 18.9. The third kappa shape index (κ3) is 5.18. The first kappa shape index (κ1) is 18.7. The number of hydrogen-bond donors (Lipinski definition) is 4. The summed E-state index contributed by atoms with van der Waals surface area (Å²) in [5, 5.41) is 22.0. The second-order valence-corrected chi connectivity index (χ2v) is 5.06. The van der Waals surface area contributed by atoms with E-state index in [1.807, 2.05) is 0 Å². The van der Waals surface area contributed by atoms with Crippen LogP contribution in [0.25, 0.3) is 6.08 Å². The zero-order valence-electron chi connectivity index (χ0n) is 13.8. The average molecular weight is 355 g/mol. The van der Waals surface area contributed by atoms with E-state index in [4.69, 9.17) is 9.94 Å². The van der Waals surface area contributed by atoms with Gasteiger partial charge < -0.3 is 9.84 Å². The Morgan fingerprint density at radius 1 is 1.15 bits per heavy atom. The number of hydroxylamine groups is 1. The van der Waals surface area contributed by atoms with Gasteiger partial charge in [0.05, 0.1) is 13.3 Å². The lowest BCUT2D eigenvalue weighted by Gasteiger charge is -2.03. The van der Waals surface area contributed by atoms with Crippen molar-refractivity contribution in [3.63, 3.8) is 0 Å². The molecule has 8 heteroatoms. The summed E-state index contributed by atoms with van der Waals surface area (Å²) in [7, 11) is 1.50. The van der Waals surface area contributed by atoms with Crippen molar-refractivity contribution in [3.05, 3.63) is 65.2 Å². The van der Waals surface area contributed by atoms with E-state index in [2.05, 4.69) is 10.5 Å². The number of hydrogen-bond acceptors (Lipinski definition) is 6. The number of phenolic OH excluding ortho intramolecular Hbond substituents is 1. The molecule has 0 aliphatic heterocycles. The number of nitrogens with zero attached hydrogens (tertiary/aromatic N) is 1. The molecule has 8 nitrogen and oxygen atoms in total. The number of ether oxygens (including phenoxy) is 1. The largest absolute Gasteiger partial charge is 0.507 e. The van der Waals surface area contributed by atoms with E-state index < -0.39 is 11.8 Å². The number of aromatic hydroxyl groups is 1. The zero-order valence-corrected chi connectivity index (χ0v) is 13.8. The van der Waals surface area contributed by atoms with Gasteiger partial charge in [0, 0.05) is 17.2 Å². The average Bonchev–Trinajstić information content (AvgIpc) is 2.67. The van der Waals surface area contributed by atoms with Gasteiger partial charge in [-0.3, -0.25) is 14.8 Å². The van der Waals surface area contributed by atoms with Crippen molar-refractivity contribution in [2.75, 3.05) is 7.11 Å². The van der Waals surface area contributed by atoms with Gasteiger partial charge in [-0.25, -0.2) is 10.9 Å². The van der Waals surface area contributed by atoms with E-state index in [-0.39, 0.29) is 5.75 Å². The summed E-state index contributed by atoms with van der Waals surface area (Å²) in [6, 6.07) is 11.0. The van der Waals surface area contributed by atoms with Crippen molar-refractivity contribution >= 4 is 24.1 Å². The van der Waals surface area contributed by atoms with Crippen molar-refractivity contribution in [3.8, 4) is 11.5 Å². The lowest BCUT2D eigenvalue weighted by atomic mass is 10.1. The highest BCUT2D eigenvalue weighted by molar-refractivity contribution is 5.95. The summed E-state index contributed by atoms with van der Waals surface area (Å²) in [6.45, 7) is 0. The smallest absolute Gasteiger partial charge is 0.271 e. The van der Waals surface area contributed by atoms with Crippen LogP contribution in [-0.2, 0) is 4.79 Å². The normalized spacial score (nSPS) is 10.8. The van der Waals surface area contributed by atoms with Gasteiger partial charge in [0.25, 0.3) is 11.8 Å². The molecule has 0 atom stereocenters. The quantitative estimate of drug-likeness (QED) is 0.272. The molecule has 2 aromatic rings. The fourth-order valence-corrected chi connectivity index (χ4v) is 1.94. The van der Waals surface area contributed by atoms with Crippen LogP contribution in [0.4, 0.5) is 0 Å². The van der Waals surface area contributed by atoms with Crippen LogP contribution in [0.2, 0.25) is 0 Å². The van der Waals surface area contributed by atoms with Gasteiger partial charge >= 0.3 is 0 Å². The maximum absolute atomic E-state index is 12.0. The molecule has 0 spiro atoms. The molecule has 2 rings (SSSR count). The van der Waals surface area contributed by atoms with Gasteiger partial charge in [0.15, 0.2) is 0 Å². The number of phenols is 1. The number of nitrogens with one attached hydrogen (secondary N) is 2. The van der Waals surface area contributed by atoms with Crippen LogP contribution in [0.1, 0.15) is 21.5 Å². The molecule has 0 unspecified atom stereocenters. The molecule has 2 amide bonds. The van der Waals surface area contributed by atoms with Crippen LogP contribution in [0, 0.1) is 0 Å². The molecule has 0 fully saturated rings. The summed E-state index contributed by atoms with van der Waals surface area (Å²) in [5.41, 5.74) is 5.27. The van der Waals surface area contributed by atoms with E-state index in [1.54, 1.807) is 36.4 Å². The Balaban J connectivity index is 1.99. The monoisotopic (exact) mass is 355 g/mol. The van der Waals surface area contributed by atoms with E-state index in [0.717, 1.165) is 6.08 Å². The first-order valence-corrected chi connectivity index (χ1v) is 7.46. The minimum absolute atomic E-state index is 0.00635. The van der Waals surface area contributed by atoms with Crippen molar-refractivity contribution in [2.45, 2.75) is 0 Å². The standard InChI is InChI=1S/C18H17N3O5/c1-26-15-7-8-16(22)14(10-15)11-19-20-18(24)13-5-2-12(3-6-13)4-9-17(23)21-25/h2-11,22,25H,1H3,(H,20,24)(H,21,23). The summed E-state index contributed by atoms with van der Waals surface area (Å²) in [5.74, 6) is -0.532. The van der Waals surface area contributed by atoms with Crippen LogP contribution < -0.4 is 15.6 Å². The molecular weight excluding hydrogens is 338 g/mol. The van der Waals surface area contributed by atoms with E-state index >= 15 is 0 Å². The first-order valence-electron chi connectivity index (χ1n) is 7.46. The fourth-order valence-electron chi connectivity index (χ4n) is 1.94. The molecule has 0 aliphatic carbocycles. The summed E-state index contributed by atoms with van der Waals surface area (Å²) < 4.78 is 5.06. The third-order valence-corrected chi connectivity index (χ3v) is 3.31. The summed E-state index contributed by atoms with van der Waals surface area (Å²) >= 11 is 0. The van der Waals surface area contributed by atoms with Gasteiger partial charge in [-0.05, 0) is 42.0 Å². The van der Waals surface area contributed by atoms with E-state index in [9.17, 15) is 14.7 Å². The Morgan fingerprint density at radius 2 is 1.88 bits per heavy atom. The molecule has 0 aliphatic rings. The summed E-state index contributed by atoms with van der Waals surface area (Å²) in [4.78, 5) is 22.9. The Kier molecular flexibility index (Phi) is 6.47. The third-order valence-electron chi connectivity index (χ3n) is 3.31. The SMILES string of the molecule is COc1ccc(O)c(C=NNC(=O)c2ccc(C=CC(=O)NO)cc2)c1. The Morgan fingerprint density at radius 3 is 2.54 bits per heavy atom. The molecule has 0 aromatic heterocycles. The van der Waals surface area contributed by atoms with Crippen molar-refractivity contribution < 1.29 is 24.6 Å². The molecule has 2 aromatic carbocycles.